The van der Waals surface area contributed by atoms with Crippen LogP contribution in [0.4, 0.5) is 14.5 Å². The van der Waals surface area contributed by atoms with Gasteiger partial charge in [-0.25, -0.2) is 8.78 Å². The molecule has 0 spiro atoms. The van der Waals surface area contributed by atoms with E-state index in [1.807, 2.05) is 31.2 Å². The second-order valence-corrected chi connectivity index (χ2v) is 6.68. The van der Waals surface area contributed by atoms with Crippen molar-refractivity contribution in [2.24, 2.45) is 17.8 Å². The van der Waals surface area contributed by atoms with E-state index in [1.54, 1.807) is 12.3 Å². The number of rotatable bonds is 3. The normalized spacial score (nSPS) is 26.7. The molecule has 6 heteroatoms. The van der Waals surface area contributed by atoms with Crippen molar-refractivity contribution in [2.45, 2.75) is 25.7 Å². The highest BCUT2D eigenvalue weighted by molar-refractivity contribution is 5.93. The van der Waals surface area contributed by atoms with E-state index in [9.17, 15) is 13.6 Å². The number of hydrogen-bond donors (Lipinski definition) is 1. The Morgan fingerprint density at radius 1 is 1.25 bits per heavy atom. The van der Waals surface area contributed by atoms with Crippen LogP contribution < -0.4 is 5.32 Å². The number of anilines is 1. The first-order valence-electron chi connectivity index (χ1n) is 8.04. The molecule has 4 nitrogen and oxygen atoms in total. The molecule has 2 aromatic rings. The lowest BCUT2D eigenvalue weighted by atomic mass is 10.0. The predicted molar refractivity (Wildman–Crippen MR) is 85.5 cm³/mol. The number of aromatic nitrogens is 2. The third kappa shape index (κ3) is 2.46. The Balaban J connectivity index is 1.49. The Morgan fingerprint density at radius 2 is 2.00 bits per heavy atom. The van der Waals surface area contributed by atoms with Crippen LogP contribution in [0.25, 0.3) is 11.3 Å². The van der Waals surface area contributed by atoms with E-state index in [-0.39, 0.29) is 24.7 Å². The maximum Gasteiger partial charge on any atom is 0.254 e. The summed E-state index contributed by atoms with van der Waals surface area (Å²) in [6, 6.07) is 9.23. The Hall–Kier alpha value is -2.37. The van der Waals surface area contributed by atoms with Crippen LogP contribution in [-0.4, -0.2) is 22.0 Å². The van der Waals surface area contributed by atoms with Gasteiger partial charge < -0.3 is 5.32 Å². The summed E-state index contributed by atoms with van der Waals surface area (Å²) in [6.45, 7) is 1.96. The lowest BCUT2D eigenvalue weighted by Crippen LogP contribution is -2.23. The molecule has 1 amide bonds. The van der Waals surface area contributed by atoms with Gasteiger partial charge >= 0.3 is 0 Å². The molecule has 2 unspecified atom stereocenters. The number of alkyl halides is 2. The van der Waals surface area contributed by atoms with Crippen molar-refractivity contribution in [3.05, 3.63) is 42.1 Å². The molecule has 0 saturated heterocycles. The third-order valence-electron chi connectivity index (χ3n) is 5.17. The molecule has 2 saturated carbocycles. The van der Waals surface area contributed by atoms with Gasteiger partial charge in [-0.05, 0) is 49.6 Å². The summed E-state index contributed by atoms with van der Waals surface area (Å²) in [7, 11) is 0. The van der Waals surface area contributed by atoms with E-state index in [1.165, 1.54) is 0 Å². The standard InChI is InChI=1S/C18H17F2N3O/c1-10-4-5-12(9-13(10)16-3-2-6-21-23-16)22-17(24)11-7-14-15(8-11)18(14,19)20/h2-6,9,11,14-15H,7-8H2,1H3,(H,22,24). The fraction of sp³-hybridized carbons (Fsp3) is 0.389. The largest absolute Gasteiger partial charge is 0.326 e. The zero-order chi connectivity index (χ0) is 16.9. The highest BCUT2D eigenvalue weighted by Gasteiger charge is 2.72. The second-order valence-electron chi connectivity index (χ2n) is 6.68. The summed E-state index contributed by atoms with van der Waals surface area (Å²) in [6.07, 6.45) is 2.17. The molecule has 0 bridgehead atoms. The van der Waals surface area contributed by atoms with Crippen LogP contribution in [0.15, 0.2) is 36.5 Å². The maximum atomic E-state index is 13.2. The summed E-state index contributed by atoms with van der Waals surface area (Å²) in [5.41, 5.74) is 3.29. The number of amides is 1. The predicted octanol–water partition coefficient (Wildman–Crippen LogP) is 3.68. The molecule has 2 aliphatic rings. The molecule has 24 heavy (non-hydrogen) atoms. The van der Waals surface area contributed by atoms with Crippen LogP contribution in [0.5, 0.6) is 0 Å². The average molecular weight is 329 g/mol. The fourth-order valence-electron chi connectivity index (χ4n) is 3.69. The second kappa shape index (κ2) is 5.33. The van der Waals surface area contributed by atoms with E-state index in [0.29, 0.717) is 5.69 Å². The number of fused-ring (bicyclic) bond motifs is 1. The quantitative estimate of drug-likeness (QED) is 0.934. The van der Waals surface area contributed by atoms with Crippen molar-refractivity contribution in [2.75, 3.05) is 5.32 Å². The lowest BCUT2D eigenvalue weighted by Gasteiger charge is -2.15. The molecule has 1 heterocycles. The Labute approximate surface area is 138 Å². The van der Waals surface area contributed by atoms with Crippen LogP contribution >= 0.6 is 0 Å². The van der Waals surface area contributed by atoms with Crippen molar-refractivity contribution in [3.8, 4) is 11.3 Å². The van der Waals surface area contributed by atoms with Crippen LogP contribution in [-0.2, 0) is 4.79 Å². The molecule has 2 atom stereocenters. The minimum Gasteiger partial charge on any atom is -0.326 e. The van der Waals surface area contributed by atoms with E-state index >= 15 is 0 Å². The topological polar surface area (TPSA) is 54.9 Å². The third-order valence-corrected chi connectivity index (χ3v) is 5.17. The summed E-state index contributed by atoms with van der Waals surface area (Å²) in [4.78, 5) is 12.3. The molecule has 1 aromatic carbocycles. The number of benzene rings is 1. The number of halogens is 2. The van der Waals surface area contributed by atoms with Crippen molar-refractivity contribution in [3.63, 3.8) is 0 Å². The van der Waals surface area contributed by atoms with E-state index in [4.69, 9.17) is 0 Å². The van der Waals surface area contributed by atoms with Gasteiger partial charge in [0.15, 0.2) is 0 Å². The molecular formula is C18H17F2N3O. The summed E-state index contributed by atoms with van der Waals surface area (Å²) < 4.78 is 26.5. The highest BCUT2D eigenvalue weighted by Crippen LogP contribution is 2.65. The highest BCUT2D eigenvalue weighted by atomic mass is 19.3. The zero-order valence-corrected chi connectivity index (χ0v) is 13.2. The number of aryl methyl sites for hydroxylation is 1. The first kappa shape index (κ1) is 15.2. The van der Waals surface area contributed by atoms with Gasteiger partial charge in [0, 0.05) is 35.2 Å². The Bertz CT molecular complexity index is 780. The molecule has 0 radical (unpaired) electrons. The Kier molecular flexibility index (Phi) is 3.37. The van der Waals surface area contributed by atoms with Crippen LogP contribution in [0.2, 0.25) is 0 Å². The van der Waals surface area contributed by atoms with Crippen molar-refractivity contribution in [1.29, 1.82) is 0 Å². The molecular weight excluding hydrogens is 312 g/mol. The van der Waals surface area contributed by atoms with E-state index in [2.05, 4.69) is 15.5 Å². The van der Waals surface area contributed by atoms with Gasteiger partial charge in [0.1, 0.15) is 0 Å². The first-order valence-corrected chi connectivity index (χ1v) is 8.04. The fourth-order valence-corrected chi connectivity index (χ4v) is 3.69. The summed E-state index contributed by atoms with van der Waals surface area (Å²) >= 11 is 0. The number of carbonyl (C=O) groups is 1. The minimum absolute atomic E-state index is 0.174. The van der Waals surface area contributed by atoms with Crippen molar-refractivity contribution >= 4 is 11.6 Å². The van der Waals surface area contributed by atoms with Crippen molar-refractivity contribution in [1.82, 2.24) is 10.2 Å². The van der Waals surface area contributed by atoms with Gasteiger partial charge in [0.2, 0.25) is 5.91 Å². The number of carbonyl (C=O) groups excluding carboxylic acids is 1. The van der Waals surface area contributed by atoms with Crippen molar-refractivity contribution < 1.29 is 13.6 Å². The maximum absolute atomic E-state index is 13.2. The monoisotopic (exact) mass is 329 g/mol. The average Bonchev–Trinajstić information content (AvgIpc) is 2.93. The zero-order valence-electron chi connectivity index (χ0n) is 13.2. The van der Waals surface area contributed by atoms with Gasteiger partial charge in [-0.2, -0.15) is 10.2 Å². The first-order chi connectivity index (χ1) is 11.5. The molecule has 124 valence electrons. The molecule has 0 aliphatic heterocycles. The molecule has 2 aliphatic carbocycles. The minimum atomic E-state index is -2.54. The Morgan fingerprint density at radius 3 is 2.67 bits per heavy atom. The van der Waals surface area contributed by atoms with E-state index in [0.717, 1.165) is 16.8 Å². The van der Waals surface area contributed by atoms with E-state index < -0.39 is 17.8 Å². The smallest absolute Gasteiger partial charge is 0.254 e. The molecule has 1 aromatic heterocycles. The molecule has 4 rings (SSSR count). The number of hydrogen-bond acceptors (Lipinski definition) is 3. The molecule has 2 fully saturated rings. The van der Waals surface area contributed by atoms with Crippen LogP contribution in [0.3, 0.4) is 0 Å². The van der Waals surface area contributed by atoms with Crippen LogP contribution in [0, 0.1) is 24.7 Å². The van der Waals surface area contributed by atoms with Gasteiger partial charge in [-0.15, -0.1) is 0 Å². The number of nitrogens with one attached hydrogen (secondary N) is 1. The van der Waals surface area contributed by atoms with Crippen LogP contribution in [0.1, 0.15) is 18.4 Å². The van der Waals surface area contributed by atoms with Gasteiger partial charge in [-0.1, -0.05) is 6.07 Å². The molecule has 1 N–H and O–H groups in total. The number of nitrogens with zero attached hydrogens (tertiary/aromatic N) is 2. The SMILES string of the molecule is Cc1ccc(NC(=O)C2CC3C(C2)C3(F)F)cc1-c1cccnn1. The summed E-state index contributed by atoms with van der Waals surface area (Å²) in [5.74, 6) is -4.23. The summed E-state index contributed by atoms with van der Waals surface area (Å²) in [5, 5.41) is 10.8. The van der Waals surface area contributed by atoms with Gasteiger partial charge in [0.05, 0.1) is 5.69 Å². The lowest BCUT2D eigenvalue weighted by molar-refractivity contribution is -0.120. The van der Waals surface area contributed by atoms with Gasteiger partial charge in [-0.3, -0.25) is 4.79 Å². The van der Waals surface area contributed by atoms with Gasteiger partial charge in [0.25, 0.3) is 5.92 Å².